The topological polar surface area (TPSA) is 75.2 Å². The predicted octanol–water partition coefficient (Wildman–Crippen LogP) is 5.15. The van der Waals surface area contributed by atoms with Crippen LogP contribution in [0.1, 0.15) is 46.8 Å². The van der Waals surface area contributed by atoms with Crippen LogP contribution in [0.25, 0.3) is 10.9 Å². The van der Waals surface area contributed by atoms with E-state index in [-0.39, 0.29) is 18.0 Å². The molecule has 1 aliphatic rings. The first-order chi connectivity index (χ1) is 18.5. The maximum Gasteiger partial charge on any atom is 0.416 e. The van der Waals surface area contributed by atoms with Gasteiger partial charge in [-0.1, -0.05) is 55.5 Å². The highest BCUT2D eigenvalue weighted by Crippen LogP contribution is 2.38. The SMILES string of the molecule is CC1(c2cccc(C(F)(F)F)c2)CCN(C(=O)c2ccc3c(=O)n(CCc4ccccc4)c(=O)[nH]c3c2)CC1. The molecule has 0 spiro atoms. The van der Waals surface area contributed by atoms with E-state index >= 15 is 0 Å². The number of piperidine rings is 1. The molecule has 3 aromatic carbocycles. The molecular formula is C30H28F3N3O3. The summed E-state index contributed by atoms with van der Waals surface area (Å²) in [6.45, 7) is 2.91. The number of nitrogens with one attached hydrogen (secondary N) is 1. The molecule has 1 N–H and O–H groups in total. The van der Waals surface area contributed by atoms with Gasteiger partial charge >= 0.3 is 11.9 Å². The first-order valence-electron chi connectivity index (χ1n) is 12.8. The smallest absolute Gasteiger partial charge is 0.339 e. The molecule has 0 unspecified atom stereocenters. The normalized spacial score (nSPS) is 15.4. The van der Waals surface area contributed by atoms with Crippen LogP contribution in [0.15, 0.2) is 82.4 Å². The van der Waals surface area contributed by atoms with Gasteiger partial charge in [0.25, 0.3) is 11.5 Å². The Bertz CT molecular complexity index is 1630. The van der Waals surface area contributed by atoms with Gasteiger partial charge in [-0.25, -0.2) is 4.79 Å². The van der Waals surface area contributed by atoms with Crippen LogP contribution in [0.3, 0.4) is 0 Å². The van der Waals surface area contributed by atoms with E-state index in [4.69, 9.17) is 0 Å². The molecule has 202 valence electrons. The van der Waals surface area contributed by atoms with E-state index in [1.54, 1.807) is 23.1 Å². The molecule has 0 radical (unpaired) electrons. The first-order valence-corrected chi connectivity index (χ1v) is 12.8. The largest absolute Gasteiger partial charge is 0.416 e. The fourth-order valence-corrected chi connectivity index (χ4v) is 5.22. The van der Waals surface area contributed by atoms with Gasteiger partial charge in [0.1, 0.15) is 0 Å². The van der Waals surface area contributed by atoms with Crippen LogP contribution in [0, 0.1) is 0 Å². The van der Waals surface area contributed by atoms with Gasteiger partial charge in [0.15, 0.2) is 0 Å². The average molecular weight is 536 g/mol. The Hall–Kier alpha value is -4.14. The predicted molar refractivity (Wildman–Crippen MR) is 143 cm³/mol. The fourth-order valence-electron chi connectivity index (χ4n) is 5.22. The van der Waals surface area contributed by atoms with E-state index in [0.717, 1.165) is 16.2 Å². The van der Waals surface area contributed by atoms with Crippen molar-refractivity contribution in [2.45, 2.75) is 44.3 Å². The van der Waals surface area contributed by atoms with Crippen molar-refractivity contribution in [2.24, 2.45) is 0 Å². The Kier molecular flexibility index (Phi) is 6.92. The van der Waals surface area contributed by atoms with Crippen molar-refractivity contribution >= 4 is 16.8 Å². The number of H-pyrrole nitrogens is 1. The molecular weight excluding hydrogens is 507 g/mol. The number of benzene rings is 3. The Morgan fingerprint density at radius 3 is 2.36 bits per heavy atom. The number of hydrogen-bond donors (Lipinski definition) is 1. The number of hydrogen-bond acceptors (Lipinski definition) is 3. The zero-order chi connectivity index (χ0) is 27.8. The molecule has 0 aliphatic carbocycles. The van der Waals surface area contributed by atoms with Crippen molar-refractivity contribution in [1.29, 1.82) is 0 Å². The van der Waals surface area contributed by atoms with Gasteiger partial charge in [-0.3, -0.25) is 14.2 Å². The number of aromatic amines is 1. The maximum absolute atomic E-state index is 13.3. The monoisotopic (exact) mass is 535 g/mol. The molecule has 0 saturated carbocycles. The highest BCUT2D eigenvalue weighted by atomic mass is 19.4. The lowest BCUT2D eigenvalue weighted by Gasteiger charge is -2.40. The Morgan fingerprint density at radius 1 is 0.949 bits per heavy atom. The highest BCUT2D eigenvalue weighted by Gasteiger charge is 2.36. The van der Waals surface area contributed by atoms with Gasteiger partial charge < -0.3 is 9.88 Å². The molecule has 39 heavy (non-hydrogen) atoms. The molecule has 6 nitrogen and oxygen atoms in total. The minimum atomic E-state index is -4.41. The maximum atomic E-state index is 13.3. The second-order valence-corrected chi connectivity index (χ2v) is 10.3. The number of likely N-dealkylation sites (tertiary alicyclic amines) is 1. The zero-order valence-electron chi connectivity index (χ0n) is 21.4. The van der Waals surface area contributed by atoms with Gasteiger partial charge in [0.2, 0.25) is 0 Å². The van der Waals surface area contributed by atoms with Crippen LogP contribution in [0.5, 0.6) is 0 Å². The summed E-state index contributed by atoms with van der Waals surface area (Å²) in [5, 5.41) is 0.315. The fraction of sp³-hybridized carbons (Fsp3) is 0.300. The first kappa shape index (κ1) is 26.5. The lowest BCUT2D eigenvalue weighted by Crippen LogP contribution is -2.44. The molecule has 0 bridgehead atoms. The number of nitrogens with zero attached hydrogens (tertiary/aromatic N) is 2. The van der Waals surface area contributed by atoms with E-state index < -0.39 is 28.4 Å². The molecule has 1 saturated heterocycles. The number of fused-ring (bicyclic) bond motifs is 1. The second-order valence-electron chi connectivity index (χ2n) is 10.3. The molecule has 1 aromatic heterocycles. The number of halogens is 3. The summed E-state index contributed by atoms with van der Waals surface area (Å²) in [5.41, 5.74) is 0.120. The van der Waals surface area contributed by atoms with Crippen molar-refractivity contribution in [3.05, 3.63) is 116 Å². The molecule has 2 heterocycles. The van der Waals surface area contributed by atoms with Crippen LogP contribution < -0.4 is 11.2 Å². The number of rotatable bonds is 5. The van der Waals surface area contributed by atoms with Gasteiger partial charge in [-0.2, -0.15) is 13.2 Å². The van der Waals surface area contributed by atoms with Gasteiger partial charge in [-0.05, 0) is 60.1 Å². The Balaban J connectivity index is 1.32. The molecule has 0 atom stereocenters. The molecule has 1 amide bonds. The summed E-state index contributed by atoms with van der Waals surface area (Å²) < 4.78 is 40.8. The van der Waals surface area contributed by atoms with Crippen molar-refractivity contribution in [3.63, 3.8) is 0 Å². The number of amides is 1. The quantitative estimate of drug-likeness (QED) is 0.384. The summed E-state index contributed by atoms with van der Waals surface area (Å²) in [6, 6.07) is 19.6. The van der Waals surface area contributed by atoms with E-state index in [9.17, 15) is 27.6 Å². The summed E-state index contributed by atoms with van der Waals surface area (Å²) in [7, 11) is 0. The number of carbonyl (C=O) groups excluding carboxylic acids is 1. The standard InChI is InChI=1S/C30H28F3N3O3/c1-29(22-8-5-9-23(19-22)30(31,32)33)13-16-35(17-14-29)26(37)21-10-11-24-25(18-21)34-28(39)36(27(24)38)15-12-20-6-3-2-4-7-20/h2-11,18-19H,12-17H2,1H3,(H,34,39). The van der Waals surface area contributed by atoms with Crippen LogP contribution in [0.4, 0.5) is 13.2 Å². The van der Waals surface area contributed by atoms with Gasteiger partial charge in [0, 0.05) is 25.2 Å². The Morgan fingerprint density at radius 2 is 1.67 bits per heavy atom. The van der Waals surface area contributed by atoms with Crippen molar-refractivity contribution in [1.82, 2.24) is 14.5 Å². The third kappa shape index (κ3) is 5.39. The number of aromatic nitrogens is 2. The Labute approximate surface area is 222 Å². The van der Waals surface area contributed by atoms with Gasteiger partial charge in [-0.15, -0.1) is 0 Å². The molecule has 1 aliphatic heterocycles. The molecule has 1 fully saturated rings. The van der Waals surface area contributed by atoms with Gasteiger partial charge in [0.05, 0.1) is 16.5 Å². The van der Waals surface area contributed by atoms with Crippen molar-refractivity contribution < 1.29 is 18.0 Å². The van der Waals surface area contributed by atoms with E-state index in [1.165, 1.54) is 18.2 Å². The van der Waals surface area contributed by atoms with Crippen LogP contribution in [-0.2, 0) is 24.6 Å². The summed E-state index contributed by atoms with van der Waals surface area (Å²) in [6.07, 6.45) is -2.86. The number of aryl methyl sites for hydroxylation is 1. The molecule has 5 rings (SSSR count). The van der Waals surface area contributed by atoms with Crippen LogP contribution in [-0.4, -0.2) is 33.4 Å². The van der Waals surface area contributed by atoms with Crippen LogP contribution in [0.2, 0.25) is 0 Å². The highest BCUT2D eigenvalue weighted by molar-refractivity contribution is 5.97. The molecule has 9 heteroatoms. The summed E-state index contributed by atoms with van der Waals surface area (Å²) in [5.74, 6) is -0.253. The van der Waals surface area contributed by atoms with E-state index in [0.29, 0.717) is 48.9 Å². The number of alkyl halides is 3. The van der Waals surface area contributed by atoms with Crippen molar-refractivity contribution in [2.75, 3.05) is 13.1 Å². The summed E-state index contributed by atoms with van der Waals surface area (Å²) in [4.78, 5) is 43.4. The third-order valence-corrected chi connectivity index (χ3v) is 7.74. The second kappa shape index (κ2) is 10.2. The minimum Gasteiger partial charge on any atom is -0.339 e. The van der Waals surface area contributed by atoms with E-state index in [1.807, 2.05) is 37.3 Å². The van der Waals surface area contributed by atoms with Crippen molar-refractivity contribution in [3.8, 4) is 0 Å². The zero-order valence-corrected chi connectivity index (χ0v) is 21.4. The van der Waals surface area contributed by atoms with Crippen LogP contribution >= 0.6 is 0 Å². The lowest BCUT2D eigenvalue weighted by molar-refractivity contribution is -0.137. The van der Waals surface area contributed by atoms with E-state index in [2.05, 4.69) is 4.98 Å². The summed E-state index contributed by atoms with van der Waals surface area (Å²) >= 11 is 0. The number of carbonyl (C=O) groups is 1. The minimum absolute atomic E-state index is 0.229. The third-order valence-electron chi connectivity index (χ3n) is 7.74. The molecule has 4 aromatic rings. The lowest BCUT2D eigenvalue weighted by atomic mass is 9.74. The average Bonchev–Trinajstić information content (AvgIpc) is 2.93.